The van der Waals surface area contributed by atoms with Crippen LogP contribution in [0.3, 0.4) is 0 Å². The van der Waals surface area contributed by atoms with Gasteiger partial charge in [0.05, 0.1) is 10.0 Å². The highest BCUT2D eigenvalue weighted by Gasteiger charge is 2.11. The third-order valence-corrected chi connectivity index (χ3v) is 4.55. The van der Waals surface area contributed by atoms with E-state index >= 15 is 0 Å². The van der Waals surface area contributed by atoms with Gasteiger partial charge in [-0.25, -0.2) is 4.98 Å². The van der Waals surface area contributed by atoms with Crippen LogP contribution in [0.25, 0.3) is 0 Å². The van der Waals surface area contributed by atoms with Crippen molar-refractivity contribution in [3.05, 3.63) is 61.6 Å². The molecule has 0 fully saturated rings. The van der Waals surface area contributed by atoms with Crippen LogP contribution in [-0.4, -0.2) is 38.0 Å². The third-order valence-electron chi connectivity index (χ3n) is 3.81. The maximum Gasteiger partial charge on any atom is 0.276 e. The van der Waals surface area contributed by atoms with Gasteiger partial charge in [-0.15, -0.1) is 10.2 Å². The fourth-order valence-electron chi connectivity index (χ4n) is 2.43. The van der Waals surface area contributed by atoms with Gasteiger partial charge < -0.3 is 25.6 Å². The van der Waals surface area contributed by atoms with Crippen LogP contribution in [-0.2, 0) is 19.6 Å². The Balaban J connectivity index is 1.65. The monoisotopic (exact) mass is 437 g/mol. The summed E-state index contributed by atoms with van der Waals surface area (Å²) in [4.78, 5) is 19.3. The first-order valence-electron chi connectivity index (χ1n) is 8.48. The van der Waals surface area contributed by atoms with Crippen molar-refractivity contribution in [2.45, 2.75) is 19.6 Å². The Bertz CT molecular complexity index is 1070. The molecule has 0 unspecified atom stereocenters. The molecule has 0 aliphatic heterocycles. The number of H-pyrrole nitrogens is 1. The number of halogens is 2. The zero-order chi connectivity index (χ0) is 20.8. The lowest BCUT2D eigenvalue weighted by Gasteiger charge is -2.10. The smallest absolute Gasteiger partial charge is 0.276 e. The Hall–Kier alpha value is -2.95. The van der Waals surface area contributed by atoms with Crippen LogP contribution >= 0.6 is 23.2 Å². The van der Waals surface area contributed by atoms with Crippen LogP contribution in [0.4, 0.5) is 11.6 Å². The lowest BCUT2D eigenvalue weighted by molar-refractivity contribution is 0.236. The van der Waals surface area contributed by atoms with E-state index in [0.29, 0.717) is 35.4 Å². The topological polar surface area (TPSA) is 153 Å². The average molecular weight is 438 g/mol. The summed E-state index contributed by atoms with van der Waals surface area (Å²) < 4.78 is 5.18. The summed E-state index contributed by atoms with van der Waals surface area (Å²) in [6.07, 6.45) is 1.32. The van der Waals surface area contributed by atoms with Gasteiger partial charge >= 0.3 is 0 Å². The quantitative estimate of drug-likeness (QED) is 0.319. The molecule has 0 bridgehead atoms. The Labute approximate surface area is 174 Å². The van der Waals surface area contributed by atoms with Gasteiger partial charge in [0.2, 0.25) is 17.7 Å². The highest BCUT2D eigenvalue weighted by molar-refractivity contribution is 6.42. The Morgan fingerprint density at radius 2 is 2.00 bits per heavy atom. The van der Waals surface area contributed by atoms with Gasteiger partial charge in [-0.05, 0) is 17.7 Å². The fourth-order valence-corrected chi connectivity index (χ4v) is 2.75. The van der Waals surface area contributed by atoms with Crippen molar-refractivity contribution in [1.82, 2.24) is 20.2 Å². The minimum atomic E-state index is -0.434. The second kappa shape index (κ2) is 9.50. The maximum atomic E-state index is 12.4. The molecule has 3 aromatic rings. The van der Waals surface area contributed by atoms with Gasteiger partial charge in [0.15, 0.2) is 0 Å². The van der Waals surface area contributed by atoms with E-state index in [-0.39, 0.29) is 29.8 Å². The third kappa shape index (κ3) is 5.31. The molecule has 0 aliphatic rings. The van der Waals surface area contributed by atoms with E-state index < -0.39 is 5.56 Å². The van der Waals surface area contributed by atoms with E-state index in [9.17, 15) is 4.79 Å². The lowest BCUT2D eigenvalue weighted by Crippen LogP contribution is -2.21. The summed E-state index contributed by atoms with van der Waals surface area (Å²) in [6, 6.07) is 5.19. The lowest BCUT2D eigenvalue weighted by atomic mass is 10.2. The molecule has 0 amide bonds. The number of aliphatic hydroxyl groups is 1. The number of aromatic amines is 1. The molecule has 29 heavy (non-hydrogen) atoms. The van der Waals surface area contributed by atoms with Gasteiger partial charge in [-0.2, -0.15) is 0 Å². The van der Waals surface area contributed by atoms with Gasteiger partial charge in [0.1, 0.15) is 18.0 Å². The molecule has 0 radical (unpaired) electrons. The van der Waals surface area contributed by atoms with E-state index in [1.54, 1.807) is 18.2 Å². The summed E-state index contributed by atoms with van der Waals surface area (Å²) in [5.41, 5.74) is 0.744. The standard InChI is InChI=1S/C17H17Cl2N7O3/c18-10-2-1-9(5-11(10)19)7-22-17-23-12(6-20)15(16(28)24-17)21-4-3-13-25-26-14(8-27)29-13/h1-2,5-6,20-21,27H,3-4,7-8H2,(H2,22,23,24,28). The molecular formula is C17H17Cl2N7O3. The molecular weight excluding hydrogens is 421 g/mol. The molecule has 0 atom stereocenters. The van der Waals surface area contributed by atoms with Crippen LogP contribution in [0.15, 0.2) is 27.4 Å². The summed E-state index contributed by atoms with van der Waals surface area (Å²) in [7, 11) is 0. The van der Waals surface area contributed by atoms with E-state index in [2.05, 4.69) is 30.8 Å². The number of nitrogens with zero attached hydrogens (tertiary/aromatic N) is 3. The SMILES string of the molecule is N=Cc1nc(NCc2ccc(Cl)c(Cl)c2)[nH]c(=O)c1NCCc1nnc(CO)o1. The Morgan fingerprint density at radius 1 is 1.21 bits per heavy atom. The molecule has 2 heterocycles. The Kier molecular flexibility index (Phi) is 6.81. The first kappa shape index (κ1) is 20.8. The van der Waals surface area contributed by atoms with E-state index in [0.717, 1.165) is 11.8 Å². The van der Waals surface area contributed by atoms with Crippen LogP contribution in [0, 0.1) is 5.41 Å². The Morgan fingerprint density at radius 3 is 2.69 bits per heavy atom. The van der Waals surface area contributed by atoms with Crippen molar-refractivity contribution in [2.75, 3.05) is 17.2 Å². The molecule has 0 saturated heterocycles. The molecule has 152 valence electrons. The molecule has 2 aromatic heterocycles. The molecule has 5 N–H and O–H groups in total. The first-order valence-corrected chi connectivity index (χ1v) is 9.24. The van der Waals surface area contributed by atoms with Crippen molar-refractivity contribution >= 4 is 41.1 Å². The minimum Gasteiger partial charge on any atom is -0.423 e. The number of benzene rings is 1. The largest absolute Gasteiger partial charge is 0.423 e. The molecule has 0 aliphatic carbocycles. The van der Waals surface area contributed by atoms with E-state index in [1.807, 2.05) is 0 Å². The van der Waals surface area contributed by atoms with Gasteiger partial charge in [-0.3, -0.25) is 9.78 Å². The van der Waals surface area contributed by atoms with Crippen LogP contribution in [0.1, 0.15) is 23.0 Å². The number of hydrogen-bond donors (Lipinski definition) is 5. The molecule has 10 nitrogen and oxygen atoms in total. The van der Waals surface area contributed by atoms with Gasteiger partial charge in [0.25, 0.3) is 5.56 Å². The van der Waals surface area contributed by atoms with Crippen molar-refractivity contribution in [3.63, 3.8) is 0 Å². The van der Waals surface area contributed by atoms with Crippen LogP contribution in [0.5, 0.6) is 0 Å². The van der Waals surface area contributed by atoms with Crippen LogP contribution in [0.2, 0.25) is 10.0 Å². The molecule has 0 spiro atoms. The number of rotatable bonds is 9. The second-order valence-electron chi connectivity index (χ2n) is 5.85. The normalized spacial score (nSPS) is 10.7. The van der Waals surface area contributed by atoms with Gasteiger partial charge in [0, 0.05) is 25.7 Å². The first-order chi connectivity index (χ1) is 14.0. The summed E-state index contributed by atoms with van der Waals surface area (Å²) in [5.74, 6) is 0.661. The highest BCUT2D eigenvalue weighted by atomic mass is 35.5. The average Bonchev–Trinajstić information content (AvgIpc) is 3.18. The van der Waals surface area contributed by atoms with E-state index in [4.69, 9.17) is 38.1 Å². The van der Waals surface area contributed by atoms with Crippen molar-refractivity contribution in [1.29, 1.82) is 5.41 Å². The van der Waals surface area contributed by atoms with Crippen molar-refractivity contribution < 1.29 is 9.52 Å². The zero-order valence-corrected chi connectivity index (χ0v) is 16.5. The number of aliphatic hydroxyl groups excluding tert-OH is 1. The van der Waals surface area contributed by atoms with Gasteiger partial charge in [-0.1, -0.05) is 29.3 Å². The summed E-state index contributed by atoms with van der Waals surface area (Å²) >= 11 is 11.9. The number of hydrogen-bond acceptors (Lipinski definition) is 9. The predicted octanol–water partition coefficient (Wildman–Crippen LogP) is 2.22. The number of anilines is 2. The number of nitrogens with one attached hydrogen (secondary N) is 4. The maximum absolute atomic E-state index is 12.4. The predicted molar refractivity (Wildman–Crippen MR) is 109 cm³/mol. The second-order valence-corrected chi connectivity index (χ2v) is 6.66. The van der Waals surface area contributed by atoms with E-state index in [1.165, 1.54) is 0 Å². The fraction of sp³-hybridized carbons (Fsp3) is 0.235. The van der Waals surface area contributed by atoms with Crippen molar-refractivity contribution in [3.8, 4) is 0 Å². The minimum absolute atomic E-state index is 0.122. The highest BCUT2D eigenvalue weighted by Crippen LogP contribution is 2.22. The van der Waals surface area contributed by atoms with Crippen LogP contribution < -0.4 is 16.2 Å². The number of aromatic nitrogens is 4. The summed E-state index contributed by atoms with van der Waals surface area (Å²) in [5, 5.41) is 30.7. The van der Waals surface area contributed by atoms with Crippen molar-refractivity contribution in [2.24, 2.45) is 0 Å². The molecule has 1 aromatic carbocycles. The molecule has 12 heteroatoms. The molecule has 3 rings (SSSR count). The molecule has 0 saturated carbocycles. The summed E-state index contributed by atoms with van der Waals surface area (Å²) in [6.45, 7) is 0.321. The zero-order valence-electron chi connectivity index (χ0n) is 15.0.